The number of furan rings is 1. The summed E-state index contributed by atoms with van der Waals surface area (Å²) in [5.74, 6) is 0.624. The molecule has 3 aromatic rings. The van der Waals surface area contributed by atoms with Gasteiger partial charge in [-0.05, 0) is 24.3 Å². The summed E-state index contributed by atoms with van der Waals surface area (Å²) in [6, 6.07) is 12.8. The van der Waals surface area contributed by atoms with Crippen LogP contribution in [0.5, 0.6) is 0 Å². The summed E-state index contributed by atoms with van der Waals surface area (Å²) in [7, 11) is 0. The SMILES string of the molecule is CCc1oc2ccccc2c1C(=O)c1cc(Cl)ccc1Br. The molecule has 0 bridgehead atoms. The lowest BCUT2D eigenvalue weighted by Gasteiger charge is -2.05. The van der Waals surface area contributed by atoms with Crippen LogP contribution in [0.1, 0.15) is 28.6 Å². The van der Waals surface area contributed by atoms with Gasteiger partial charge in [0, 0.05) is 26.9 Å². The highest BCUT2D eigenvalue weighted by atomic mass is 79.9. The van der Waals surface area contributed by atoms with Crippen LogP contribution in [0, 0.1) is 0 Å². The Kier molecular flexibility index (Phi) is 3.87. The maximum Gasteiger partial charge on any atom is 0.198 e. The summed E-state index contributed by atoms with van der Waals surface area (Å²) in [6.07, 6.45) is 0.661. The van der Waals surface area contributed by atoms with E-state index in [1.807, 2.05) is 31.2 Å². The van der Waals surface area contributed by atoms with Gasteiger partial charge < -0.3 is 4.42 Å². The molecule has 3 rings (SSSR count). The van der Waals surface area contributed by atoms with Crippen molar-refractivity contribution in [2.45, 2.75) is 13.3 Å². The van der Waals surface area contributed by atoms with Crippen molar-refractivity contribution in [1.82, 2.24) is 0 Å². The third-order valence-corrected chi connectivity index (χ3v) is 4.32. The van der Waals surface area contributed by atoms with E-state index in [1.165, 1.54) is 0 Å². The largest absolute Gasteiger partial charge is 0.460 e. The molecule has 0 fully saturated rings. The Labute approximate surface area is 135 Å². The molecule has 1 aromatic heterocycles. The number of carbonyl (C=O) groups excluding carboxylic acids is 1. The van der Waals surface area contributed by atoms with Crippen LogP contribution >= 0.6 is 27.5 Å². The number of halogens is 2. The van der Waals surface area contributed by atoms with Gasteiger partial charge in [0.15, 0.2) is 5.78 Å². The number of carbonyl (C=O) groups is 1. The normalized spacial score (nSPS) is 11.0. The van der Waals surface area contributed by atoms with E-state index < -0.39 is 0 Å². The van der Waals surface area contributed by atoms with E-state index >= 15 is 0 Å². The summed E-state index contributed by atoms with van der Waals surface area (Å²) in [4.78, 5) is 12.9. The predicted molar refractivity (Wildman–Crippen MR) is 88.2 cm³/mol. The smallest absolute Gasteiger partial charge is 0.198 e. The molecule has 0 atom stereocenters. The molecular formula is C17H12BrClO2. The first-order valence-electron chi connectivity index (χ1n) is 6.62. The average Bonchev–Trinajstić information content (AvgIpc) is 2.87. The van der Waals surface area contributed by atoms with Crippen LogP contribution in [-0.2, 0) is 6.42 Å². The minimum Gasteiger partial charge on any atom is -0.460 e. The molecular weight excluding hydrogens is 352 g/mol. The van der Waals surface area contributed by atoms with Crippen molar-refractivity contribution >= 4 is 44.3 Å². The van der Waals surface area contributed by atoms with E-state index in [9.17, 15) is 4.79 Å². The molecule has 2 nitrogen and oxygen atoms in total. The third-order valence-electron chi connectivity index (χ3n) is 3.39. The van der Waals surface area contributed by atoms with Gasteiger partial charge in [0.25, 0.3) is 0 Å². The van der Waals surface area contributed by atoms with Crippen molar-refractivity contribution < 1.29 is 9.21 Å². The molecule has 4 heteroatoms. The monoisotopic (exact) mass is 362 g/mol. The van der Waals surface area contributed by atoms with E-state index in [1.54, 1.807) is 18.2 Å². The van der Waals surface area contributed by atoms with Crippen LogP contribution in [0.3, 0.4) is 0 Å². The predicted octanol–water partition coefficient (Wildman–Crippen LogP) is 5.64. The zero-order valence-electron chi connectivity index (χ0n) is 11.3. The van der Waals surface area contributed by atoms with Gasteiger partial charge in [0.2, 0.25) is 0 Å². The number of fused-ring (bicyclic) bond motifs is 1. The van der Waals surface area contributed by atoms with Crippen LogP contribution in [0.25, 0.3) is 11.0 Å². The van der Waals surface area contributed by atoms with Gasteiger partial charge in [-0.15, -0.1) is 0 Å². The molecule has 0 saturated heterocycles. The first-order chi connectivity index (χ1) is 10.1. The second kappa shape index (κ2) is 5.66. The Morgan fingerprint density at radius 2 is 2.00 bits per heavy atom. The summed E-state index contributed by atoms with van der Waals surface area (Å²) >= 11 is 9.43. The van der Waals surface area contributed by atoms with E-state index in [4.69, 9.17) is 16.0 Å². The van der Waals surface area contributed by atoms with Gasteiger partial charge in [-0.1, -0.05) is 52.7 Å². The summed E-state index contributed by atoms with van der Waals surface area (Å²) in [5.41, 5.74) is 1.90. The van der Waals surface area contributed by atoms with Gasteiger partial charge in [-0.3, -0.25) is 4.79 Å². The fourth-order valence-electron chi connectivity index (χ4n) is 2.40. The maximum absolute atomic E-state index is 12.9. The van der Waals surface area contributed by atoms with E-state index in [2.05, 4.69) is 15.9 Å². The van der Waals surface area contributed by atoms with Gasteiger partial charge in [0.1, 0.15) is 11.3 Å². The average molecular weight is 364 g/mol. The van der Waals surface area contributed by atoms with E-state index in [-0.39, 0.29) is 5.78 Å². The Bertz CT molecular complexity index is 836. The Balaban J connectivity index is 2.24. The highest BCUT2D eigenvalue weighted by Gasteiger charge is 2.22. The molecule has 1 heterocycles. The van der Waals surface area contributed by atoms with E-state index in [0.717, 1.165) is 15.4 Å². The number of para-hydroxylation sites is 1. The van der Waals surface area contributed by atoms with Crippen LogP contribution in [-0.4, -0.2) is 5.78 Å². The Morgan fingerprint density at radius 3 is 2.76 bits per heavy atom. The molecule has 0 saturated carbocycles. The van der Waals surface area contributed by atoms with Crippen molar-refractivity contribution in [3.8, 4) is 0 Å². The summed E-state index contributed by atoms with van der Waals surface area (Å²) < 4.78 is 6.52. The summed E-state index contributed by atoms with van der Waals surface area (Å²) in [5, 5.41) is 1.37. The zero-order valence-corrected chi connectivity index (χ0v) is 13.7. The number of rotatable bonds is 3. The fraction of sp³-hybridized carbons (Fsp3) is 0.118. The molecule has 0 spiro atoms. The highest BCUT2D eigenvalue weighted by molar-refractivity contribution is 9.10. The van der Waals surface area contributed by atoms with Crippen molar-refractivity contribution in [3.63, 3.8) is 0 Å². The molecule has 0 N–H and O–H groups in total. The van der Waals surface area contributed by atoms with Crippen molar-refractivity contribution in [2.24, 2.45) is 0 Å². The quantitative estimate of drug-likeness (QED) is 0.563. The second-order valence-corrected chi connectivity index (χ2v) is 5.99. The number of ketones is 1. The molecule has 21 heavy (non-hydrogen) atoms. The van der Waals surface area contributed by atoms with Crippen molar-refractivity contribution in [2.75, 3.05) is 0 Å². The standard InChI is InChI=1S/C17H12BrClO2/c1-2-14-16(11-5-3-4-6-15(11)21-14)17(20)12-9-10(19)7-8-13(12)18/h3-9H,2H2,1H3. The number of hydrogen-bond donors (Lipinski definition) is 0. The first-order valence-corrected chi connectivity index (χ1v) is 7.79. The zero-order chi connectivity index (χ0) is 15.0. The van der Waals surface area contributed by atoms with Crippen molar-refractivity contribution in [1.29, 1.82) is 0 Å². The Morgan fingerprint density at radius 1 is 1.24 bits per heavy atom. The van der Waals surface area contributed by atoms with Crippen LogP contribution in [0.4, 0.5) is 0 Å². The highest BCUT2D eigenvalue weighted by Crippen LogP contribution is 2.31. The van der Waals surface area contributed by atoms with Crippen molar-refractivity contribution in [3.05, 3.63) is 68.8 Å². The fourth-order valence-corrected chi connectivity index (χ4v) is 3.00. The number of hydrogen-bond acceptors (Lipinski definition) is 2. The van der Waals surface area contributed by atoms with E-state index in [0.29, 0.717) is 28.3 Å². The lowest BCUT2D eigenvalue weighted by molar-refractivity contribution is 0.103. The minimum atomic E-state index is -0.0776. The molecule has 0 aliphatic heterocycles. The lowest BCUT2D eigenvalue weighted by atomic mass is 9.99. The minimum absolute atomic E-state index is 0.0776. The lowest BCUT2D eigenvalue weighted by Crippen LogP contribution is -2.04. The number of aryl methyl sites for hydroxylation is 1. The molecule has 0 aliphatic rings. The van der Waals surface area contributed by atoms with Gasteiger partial charge in [0.05, 0.1) is 5.56 Å². The van der Waals surface area contributed by atoms with Gasteiger partial charge in [-0.2, -0.15) is 0 Å². The topological polar surface area (TPSA) is 30.2 Å². The Hall–Kier alpha value is -1.58. The third kappa shape index (κ3) is 2.52. The van der Waals surface area contributed by atoms with Crippen LogP contribution in [0.2, 0.25) is 5.02 Å². The molecule has 106 valence electrons. The van der Waals surface area contributed by atoms with Crippen LogP contribution < -0.4 is 0 Å². The molecule has 0 amide bonds. The second-order valence-electron chi connectivity index (χ2n) is 4.70. The molecule has 0 radical (unpaired) electrons. The first kappa shape index (κ1) is 14.4. The molecule has 0 unspecified atom stereocenters. The van der Waals surface area contributed by atoms with Crippen LogP contribution in [0.15, 0.2) is 51.4 Å². The molecule has 2 aromatic carbocycles. The van der Waals surface area contributed by atoms with Gasteiger partial charge >= 0.3 is 0 Å². The molecule has 0 aliphatic carbocycles. The number of benzene rings is 2. The maximum atomic E-state index is 12.9. The summed E-state index contributed by atoms with van der Waals surface area (Å²) in [6.45, 7) is 1.97. The van der Waals surface area contributed by atoms with Gasteiger partial charge in [-0.25, -0.2) is 0 Å².